The van der Waals surface area contributed by atoms with Crippen LogP contribution in [-0.4, -0.2) is 26.6 Å². The number of benzene rings is 1. The topological polar surface area (TPSA) is 112 Å². The van der Waals surface area contributed by atoms with Crippen LogP contribution in [0, 0.1) is 0 Å². The summed E-state index contributed by atoms with van der Waals surface area (Å²) in [4.78, 5) is 15.3. The van der Waals surface area contributed by atoms with Crippen LogP contribution in [0.25, 0.3) is 16.6 Å². The number of guanidine groups is 1. The summed E-state index contributed by atoms with van der Waals surface area (Å²) in [6, 6.07) is 9.27. The Bertz CT molecular complexity index is 842. The molecule has 1 amide bonds. The lowest BCUT2D eigenvalue weighted by atomic mass is 10.2. The van der Waals surface area contributed by atoms with E-state index < -0.39 is 5.91 Å². The summed E-state index contributed by atoms with van der Waals surface area (Å²) >= 11 is 0. The van der Waals surface area contributed by atoms with Gasteiger partial charge in [-0.25, -0.2) is 0 Å². The fourth-order valence-corrected chi connectivity index (χ4v) is 2.05. The predicted molar refractivity (Wildman–Crippen MR) is 79.0 cm³/mol. The molecule has 0 bridgehead atoms. The van der Waals surface area contributed by atoms with E-state index in [0.29, 0.717) is 5.56 Å². The Kier molecular flexibility index (Phi) is 3.07. The third-order valence-electron chi connectivity index (χ3n) is 2.97. The van der Waals surface area contributed by atoms with Gasteiger partial charge in [0.1, 0.15) is 0 Å². The van der Waals surface area contributed by atoms with Crippen LogP contribution in [0.2, 0.25) is 0 Å². The normalized spacial score (nSPS) is 10.5. The van der Waals surface area contributed by atoms with Crippen molar-refractivity contribution in [1.82, 2.24) is 14.8 Å². The zero-order chi connectivity index (χ0) is 14.8. The highest BCUT2D eigenvalue weighted by Gasteiger charge is 2.09. The molecule has 2 aromatic heterocycles. The molecule has 0 aliphatic carbocycles. The summed E-state index contributed by atoms with van der Waals surface area (Å²) in [6.07, 6.45) is 5.04. The van der Waals surface area contributed by atoms with Crippen LogP contribution in [0.4, 0.5) is 0 Å². The average molecular weight is 280 g/mol. The first kappa shape index (κ1) is 12.8. The van der Waals surface area contributed by atoms with Crippen LogP contribution in [0.3, 0.4) is 0 Å². The van der Waals surface area contributed by atoms with Gasteiger partial charge in [0.05, 0.1) is 23.0 Å². The van der Waals surface area contributed by atoms with E-state index in [-0.39, 0.29) is 5.96 Å². The molecule has 0 atom stereocenters. The highest BCUT2D eigenvalue weighted by molar-refractivity contribution is 6.02. The molecule has 0 unspecified atom stereocenters. The van der Waals surface area contributed by atoms with Gasteiger partial charge >= 0.3 is 0 Å². The Morgan fingerprint density at radius 3 is 2.81 bits per heavy atom. The number of hydrogen-bond acceptors (Lipinski definition) is 3. The van der Waals surface area contributed by atoms with Crippen molar-refractivity contribution in [3.05, 3.63) is 54.5 Å². The number of aliphatic imine (C=N–C) groups is 1. The zero-order valence-corrected chi connectivity index (χ0v) is 11.0. The van der Waals surface area contributed by atoms with Gasteiger partial charge in [-0.1, -0.05) is 18.2 Å². The molecule has 104 valence electrons. The molecule has 3 rings (SSSR count). The lowest BCUT2D eigenvalue weighted by molar-refractivity contribution is 0.100. The number of hydrogen-bond donors (Lipinski definition) is 2. The Labute approximate surface area is 119 Å². The number of amides is 1. The summed E-state index contributed by atoms with van der Waals surface area (Å²) in [7, 11) is 0. The molecule has 2 heterocycles. The minimum atomic E-state index is -0.486. The van der Waals surface area contributed by atoms with E-state index >= 15 is 0 Å². The summed E-state index contributed by atoms with van der Waals surface area (Å²) in [5, 5.41) is 8.97. The number of fused-ring (bicyclic) bond motifs is 1. The van der Waals surface area contributed by atoms with Crippen LogP contribution in [0.5, 0.6) is 0 Å². The van der Waals surface area contributed by atoms with Gasteiger partial charge in [-0.15, -0.1) is 0 Å². The summed E-state index contributed by atoms with van der Waals surface area (Å²) in [5.41, 5.74) is 12.4. The lowest BCUT2D eigenvalue weighted by Gasteiger charge is -2.05. The molecule has 0 aliphatic rings. The Morgan fingerprint density at radius 2 is 2.00 bits per heavy atom. The average Bonchev–Trinajstić information content (AvgIpc) is 2.95. The number of rotatable bonds is 2. The van der Waals surface area contributed by atoms with Gasteiger partial charge < -0.3 is 16.0 Å². The second-order valence-corrected chi connectivity index (χ2v) is 4.40. The minimum Gasteiger partial charge on any atom is -0.370 e. The van der Waals surface area contributed by atoms with E-state index in [1.807, 2.05) is 24.3 Å². The highest BCUT2D eigenvalue weighted by atomic mass is 16.1. The molecule has 0 saturated heterocycles. The van der Waals surface area contributed by atoms with Crippen molar-refractivity contribution >= 4 is 22.8 Å². The van der Waals surface area contributed by atoms with Crippen molar-refractivity contribution in [2.45, 2.75) is 0 Å². The van der Waals surface area contributed by atoms with Crippen molar-refractivity contribution in [3.8, 4) is 5.69 Å². The summed E-state index contributed by atoms with van der Waals surface area (Å²) in [5.74, 6) is -0.746. The number of carbonyl (C=O) groups is 1. The molecule has 0 radical (unpaired) electrons. The van der Waals surface area contributed by atoms with Crippen molar-refractivity contribution in [1.29, 1.82) is 0 Å². The number of nitrogens with zero attached hydrogens (tertiary/aromatic N) is 4. The number of nitrogens with two attached hydrogens (primary N) is 2. The lowest BCUT2D eigenvalue weighted by Crippen LogP contribution is -2.24. The molecule has 0 saturated carbocycles. The Hall–Kier alpha value is -3.22. The zero-order valence-electron chi connectivity index (χ0n) is 11.0. The van der Waals surface area contributed by atoms with E-state index in [2.05, 4.69) is 15.2 Å². The molecule has 4 N–H and O–H groups in total. The maximum atomic E-state index is 11.8. The van der Waals surface area contributed by atoms with Gasteiger partial charge in [-0.3, -0.25) is 4.79 Å². The minimum absolute atomic E-state index is 0.260. The van der Waals surface area contributed by atoms with Crippen molar-refractivity contribution in [2.75, 3.05) is 0 Å². The highest BCUT2D eigenvalue weighted by Crippen LogP contribution is 2.20. The molecule has 0 aliphatic heterocycles. The van der Waals surface area contributed by atoms with Crippen molar-refractivity contribution < 1.29 is 4.79 Å². The third kappa shape index (κ3) is 2.44. The first-order valence-corrected chi connectivity index (χ1v) is 6.18. The van der Waals surface area contributed by atoms with Gasteiger partial charge in [0, 0.05) is 17.8 Å². The Balaban J connectivity index is 2.07. The second-order valence-electron chi connectivity index (χ2n) is 4.40. The molecular weight excluding hydrogens is 268 g/mol. The molecule has 1 aromatic carbocycles. The van der Waals surface area contributed by atoms with Gasteiger partial charge in [-0.05, 0) is 12.1 Å². The molecule has 3 aromatic rings. The first-order valence-electron chi connectivity index (χ1n) is 6.18. The second kappa shape index (κ2) is 5.04. The predicted octanol–water partition coefficient (Wildman–Crippen LogP) is 0.834. The monoisotopic (exact) mass is 280 g/mol. The molecular formula is C14H12N6O. The van der Waals surface area contributed by atoms with Crippen LogP contribution < -0.4 is 11.5 Å². The largest absolute Gasteiger partial charge is 0.370 e. The van der Waals surface area contributed by atoms with Gasteiger partial charge in [0.15, 0.2) is 5.96 Å². The number of aromatic nitrogens is 3. The van der Waals surface area contributed by atoms with Crippen molar-refractivity contribution in [3.63, 3.8) is 0 Å². The fourth-order valence-electron chi connectivity index (χ4n) is 2.05. The third-order valence-corrected chi connectivity index (χ3v) is 2.97. The van der Waals surface area contributed by atoms with E-state index in [1.165, 1.54) is 0 Å². The van der Waals surface area contributed by atoms with E-state index in [0.717, 1.165) is 16.6 Å². The quantitative estimate of drug-likeness (QED) is 0.533. The molecule has 0 fully saturated rings. The van der Waals surface area contributed by atoms with Crippen LogP contribution >= 0.6 is 0 Å². The SMILES string of the molecule is NC(N)=NC(=O)c1ccn(-c2cnnc3ccccc23)c1. The van der Waals surface area contributed by atoms with E-state index in [9.17, 15) is 4.79 Å². The van der Waals surface area contributed by atoms with Crippen LogP contribution in [-0.2, 0) is 0 Å². The van der Waals surface area contributed by atoms with Gasteiger partial charge in [0.2, 0.25) is 0 Å². The Morgan fingerprint density at radius 1 is 1.19 bits per heavy atom. The van der Waals surface area contributed by atoms with Gasteiger partial charge in [0.25, 0.3) is 5.91 Å². The standard InChI is InChI=1S/C14H12N6O/c15-14(16)18-13(21)9-5-6-20(8-9)12-7-17-19-11-4-2-1-3-10(11)12/h1-8H,(H4,15,16,18,21). The molecule has 7 heteroatoms. The smallest absolute Gasteiger partial charge is 0.281 e. The first-order chi connectivity index (χ1) is 10.1. The maximum absolute atomic E-state index is 11.8. The van der Waals surface area contributed by atoms with Crippen LogP contribution in [0.15, 0.2) is 53.9 Å². The summed E-state index contributed by atoms with van der Waals surface area (Å²) < 4.78 is 1.78. The summed E-state index contributed by atoms with van der Waals surface area (Å²) in [6.45, 7) is 0. The van der Waals surface area contributed by atoms with Crippen LogP contribution in [0.1, 0.15) is 10.4 Å². The van der Waals surface area contributed by atoms with E-state index in [4.69, 9.17) is 11.5 Å². The molecule has 7 nitrogen and oxygen atoms in total. The molecule has 21 heavy (non-hydrogen) atoms. The maximum Gasteiger partial charge on any atom is 0.281 e. The van der Waals surface area contributed by atoms with Crippen molar-refractivity contribution in [2.24, 2.45) is 16.5 Å². The number of carbonyl (C=O) groups excluding carboxylic acids is 1. The van der Waals surface area contributed by atoms with Gasteiger partial charge in [-0.2, -0.15) is 15.2 Å². The van der Waals surface area contributed by atoms with E-state index in [1.54, 1.807) is 29.2 Å². The molecule has 0 spiro atoms. The fraction of sp³-hybridized carbons (Fsp3) is 0.